The Kier molecular flexibility index (Phi) is 3.21. The van der Waals surface area contributed by atoms with E-state index in [-0.39, 0.29) is 6.04 Å². The molecule has 5 heteroatoms. The maximum absolute atomic E-state index is 6.14. The van der Waals surface area contributed by atoms with Crippen LogP contribution in [0.2, 0.25) is 0 Å². The van der Waals surface area contributed by atoms with E-state index in [9.17, 15) is 0 Å². The number of nitrogens with zero attached hydrogens (tertiary/aromatic N) is 3. The van der Waals surface area contributed by atoms with Crippen molar-refractivity contribution in [3.63, 3.8) is 0 Å². The van der Waals surface area contributed by atoms with Gasteiger partial charge in [-0.05, 0) is 19.8 Å². The van der Waals surface area contributed by atoms with Crippen LogP contribution in [-0.2, 0) is 0 Å². The first-order valence-corrected chi connectivity index (χ1v) is 6.28. The summed E-state index contributed by atoms with van der Waals surface area (Å²) in [5.41, 5.74) is 6.14. The average Bonchev–Trinajstić information content (AvgIpc) is 2.65. The van der Waals surface area contributed by atoms with Crippen molar-refractivity contribution in [3.8, 4) is 0 Å². The first-order valence-electron chi connectivity index (χ1n) is 5.47. The Hall–Kier alpha value is -0.680. The largest absolute Gasteiger partial charge is 0.345 e. The molecule has 0 amide bonds. The second-order valence-corrected chi connectivity index (χ2v) is 5.39. The molecular weight excluding hydrogens is 208 g/mol. The number of rotatable bonds is 2. The molecule has 2 unspecified atom stereocenters. The van der Waals surface area contributed by atoms with Crippen molar-refractivity contribution < 1.29 is 0 Å². The van der Waals surface area contributed by atoms with Crippen LogP contribution in [0.15, 0.2) is 0 Å². The summed E-state index contributed by atoms with van der Waals surface area (Å²) in [4.78, 5) is 2.20. The summed E-state index contributed by atoms with van der Waals surface area (Å²) in [6.07, 6.45) is 4.85. The molecule has 0 bridgehead atoms. The second-order valence-electron chi connectivity index (χ2n) is 4.23. The Balaban J connectivity index is 2.09. The number of anilines is 1. The lowest BCUT2D eigenvalue weighted by Gasteiger charge is -2.35. The normalized spacial score (nSPS) is 26.6. The Morgan fingerprint density at radius 2 is 2.07 bits per heavy atom. The summed E-state index contributed by atoms with van der Waals surface area (Å²) in [6, 6.07) is 0.721. The molecule has 1 aliphatic rings. The third-order valence-corrected chi connectivity index (χ3v) is 4.03. The summed E-state index contributed by atoms with van der Waals surface area (Å²) in [5.74, 6) is 0. The van der Waals surface area contributed by atoms with E-state index in [1.165, 1.54) is 19.3 Å². The molecular formula is C10H18N4S. The number of aromatic nitrogens is 2. The van der Waals surface area contributed by atoms with E-state index in [0.29, 0.717) is 6.04 Å². The van der Waals surface area contributed by atoms with Crippen LogP contribution in [0, 0.1) is 6.92 Å². The van der Waals surface area contributed by atoms with Crippen molar-refractivity contribution in [2.24, 2.45) is 5.73 Å². The smallest absolute Gasteiger partial charge is 0.208 e. The number of nitrogens with two attached hydrogens (primary N) is 1. The number of hydrogen-bond acceptors (Lipinski definition) is 5. The third kappa shape index (κ3) is 2.29. The van der Waals surface area contributed by atoms with Crippen molar-refractivity contribution >= 4 is 16.5 Å². The minimum Gasteiger partial charge on any atom is -0.345 e. The first-order chi connectivity index (χ1) is 7.18. The summed E-state index contributed by atoms with van der Waals surface area (Å²) in [6.45, 7) is 1.98. The molecule has 0 aliphatic heterocycles. The molecule has 1 saturated carbocycles. The Morgan fingerprint density at radius 3 is 2.67 bits per heavy atom. The Labute approximate surface area is 94.5 Å². The van der Waals surface area contributed by atoms with Gasteiger partial charge in [-0.15, -0.1) is 10.2 Å². The van der Waals surface area contributed by atoms with E-state index in [2.05, 4.69) is 22.1 Å². The molecule has 0 spiro atoms. The number of aryl methyl sites for hydroxylation is 1. The van der Waals surface area contributed by atoms with E-state index < -0.39 is 0 Å². The van der Waals surface area contributed by atoms with Gasteiger partial charge in [0.1, 0.15) is 5.01 Å². The highest BCUT2D eigenvalue weighted by Gasteiger charge is 2.27. The number of hydrogen-bond donors (Lipinski definition) is 1. The SMILES string of the molecule is Cc1nnc(N(C)C2CCCCC2N)s1. The van der Waals surface area contributed by atoms with Crippen LogP contribution in [0.4, 0.5) is 5.13 Å². The zero-order valence-electron chi connectivity index (χ0n) is 9.31. The van der Waals surface area contributed by atoms with Gasteiger partial charge in [-0.2, -0.15) is 0 Å². The van der Waals surface area contributed by atoms with E-state index in [0.717, 1.165) is 16.6 Å². The summed E-state index contributed by atoms with van der Waals surface area (Å²) in [7, 11) is 2.08. The fourth-order valence-electron chi connectivity index (χ4n) is 2.19. The molecule has 84 valence electrons. The highest BCUT2D eigenvalue weighted by Crippen LogP contribution is 2.27. The maximum Gasteiger partial charge on any atom is 0.208 e. The zero-order valence-corrected chi connectivity index (χ0v) is 10.1. The molecule has 1 fully saturated rings. The van der Waals surface area contributed by atoms with Crippen molar-refractivity contribution in [2.45, 2.75) is 44.7 Å². The van der Waals surface area contributed by atoms with E-state index in [4.69, 9.17) is 5.73 Å². The quantitative estimate of drug-likeness (QED) is 0.831. The molecule has 1 aromatic rings. The van der Waals surface area contributed by atoms with Crippen LogP contribution < -0.4 is 10.6 Å². The molecule has 1 aliphatic carbocycles. The van der Waals surface area contributed by atoms with Gasteiger partial charge in [0.15, 0.2) is 0 Å². The molecule has 1 aromatic heterocycles. The van der Waals surface area contributed by atoms with Gasteiger partial charge >= 0.3 is 0 Å². The van der Waals surface area contributed by atoms with Crippen LogP contribution in [-0.4, -0.2) is 29.3 Å². The minimum absolute atomic E-state index is 0.285. The van der Waals surface area contributed by atoms with E-state index >= 15 is 0 Å². The van der Waals surface area contributed by atoms with Crippen LogP contribution >= 0.6 is 11.3 Å². The van der Waals surface area contributed by atoms with Crippen LogP contribution in [0.3, 0.4) is 0 Å². The molecule has 1 heterocycles. The molecule has 15 heavy (non-hydrogen) atoms. The molecule has 2 rings (SSSR count). The predicted molar refractivity (Wildman–Crippen MR) is 63.3 cm³/mol. The monoisotopic (exact) mass is 226 g/mol. The van der Waals surface area contributed by atoms with Crippen LogP contribution in [0.1, 0.15) is 30.7 Å². The van der Waals surface area contributed by atoms with Crippen molar-refractivity contribution in [2.75, 3.05) is 11.9 Å². The Morgan fingerprint density at radius 1 is 1.33 bits per heavy atom. The van der Waals surface area contributed by atoms with Crippen LogP contribution in [0.5, 0.6) is 0 Å². The van der Waals surface area contributed by atoms with Gasteiger partial charge in [-0.25, -0.2) is 0 Å². The van der Waals surface area contributed by atoms with Crippen molar-refractivity contribution in [1.82, 2.24) is 10.2 Å². The zero-order chi connectivity index (χ0) is 10.8. The molecule has 2 atom stereocenters. The molecule has 0 radical (unpaired) electrons. The number of likely N-dealkylation sites (N-methyl/N-ethyl adjacent to an activating group) is 1. The lowest BCUT2D eigenvalue weighted by molar-refractivity contribution is 0.373. The summed E-state index contributed by atoms with van der Waals surface area (Å²) < 4.78 is 0. The van der Waals surface area contributed by atoms with Gasteiger partial charge < -0.3 is 10.6 Å². The Bertz CT molecular complexity index is 325. The summed E-state index contributed by atoms with van der Waals surface area (Å²) >= 11 is 1.64. The van der Waals surface area contributed by atoms with E-state index in [1.807, 2.05) is 6.92 Å². The van der Waals surface area contributed by atoms with Crippen molar-refractivity contribution in [3.05, 3.63) is 5.01 Å². The third-order valence-electron chi connectivity index (χ3n) is 3.10. The van der Waals surface area contributed by atoms with Gasteiger partial charge in [0, 0.05) is 19.1 Å². The fourth-order valence-corrected chi connectivity index (χ4v) is 2.90. The lowest BCUT2D eigenvalue weighted by atomic mass is 9.90. The van der Waals surface area contributed by atoms with E-state index in [1.54, 1.807) is 11.3 Å². The topological polar surface area (TPSA) is 55.0 Å². The maximum atomic E-state index is 6.14. The van der Waals surface area contributed by atoms with Gasteiger partial charge in [-0.3, -0.25) is 0 Å². The minimum atomic E-state index is 0.285. The molecule has 4 nitrogen and oxygen atoms in total. The average molecular weight is 226 g/mol. The lowest BCUT2D eigenvalue weighted by Crippen LogP contribution is -2.48. The molecule has 0 aromatic carbocycles. The molecule has 0 saturated heterocycles. The van der Waals surface area contributed by atoms with Gasteiger partial charge in [0.05, 0.1) is 0 Å². The summed E-state index contributed by atoms with van der Waals surface area (Å²) in [5, 5.41) is 10.2. The van der Waals surface area contributed by atoms with Crippen LogP contribution in [0.25, 0.3) is 0 Å². The van der Waals surface area contributed by atoms with Gasteiger partial charge in [0.25, 0.3) is 0 Å². The highest BCUT2D eigenvalue weighted by molar-refractivity contribution is 7.15. The fraction of sp³-hybridized carbons (Fsp3) is 0.800. The molecule has 2 N–H and O–H groups in total. The first kappa shape index (κ1) is 10.8. The predicted octanol–water partition coefficient (Wildman–Crippen LogP) is 1.55. The second kappa shape index (κ2) is 4.45. The van der Waals surface area contributed by atoms with Gasteiger partial charge in [-0.1, -0.05) is 24.2 Å². The van der Waals surface area contributed by atoms with Gasteiger partial charge in [0.2, 0.25) is 5.13 Å². The standard InChI is InChI=1S/C10H18N4S/c1-7-12-13-10(15-7)14(2)9-6-4-3-5-8(9)11/h8-9H,3-6,11H2,1-2H3. The highest BCUT2D eigenvalue weighted by atomic mass is 32.1. The van der Waals surface area contributed by atoms with Crippen molar-refractivity contribution in [1.29, 1.82) is 0 Å².